The monoisotopic (exact) mass is 467 g/mol. The third kappa shape index (κ3) is 3.85. The number of benzene rings is 2. The molecule has 1 aromatic heterocycles. The molecule has 2 aromatic carbocycles. The average Bonchev–Trinajstić information content (AvgIpc) is 3.62. The van der Waals surface area contributed by atoms with E-state index in [2.05, 4.69) is 25.9 Å². The molecule has 3 N–H and O–H groups in total. The number of amides is 1. The highest BCUT2D eigenvalue weighted by atomic mass is 19.1. The van der Waals surface area contributed by atoms with Crippen molar-refractivity contribution >= 4 is 34.7 Å². The average molecular weight is 467 g/mol. The molecule has 0 bridgehead atoms. The Bertz CT molecular complexity index is 1260. The largest absolute Gasteiger partial charge is 0.493 e. The fraction of sp³-hybridized carbons (Fsp3) is 0.261. The maximum Gasteiger partial charge on any atom is 0.268 e. The number of aromatic nitrogens is 2. The van der Waals surface area contributed by atoms with E-state index in [1.54, 1.807) is 30.3 Å². The van der Waals surface area contributed by atoms with E-state index in [0.717, 1.165) is 6.20 Å². The molecule has 11 heteroatoms. The van der Waals surface area contributed by atoms with E-state index >= 15 is 0 Å². The summed E-state index contributed by atoms with van der Waals surface area (Å²) < 4.78 is 36.3. The van der Waals surface area contributed by atoms with Crippen LogP contribution in [0.5, 0.6) is 23.0 Å². The third-order valence-electron chi connectivity index (χ3n) is 5.58. The fourth-order valence-electron chi connectivity index (χ4n) is 3.66. The molecule has 1 aliphatic heterocycles. The molecule has 5 rings (SSSR count). The van der Waals surface area contributed by atoms with Crippen LogP contribution in [0.15, 0.2) is 36.5 Å². The lowest BCUT2D eigenvalue weighted by atomic mass is 10.2. The normalized spacial score (nSPS) is 15.0. The topological polar surface area (TPSA) is 116 Å². The van der Waals surface area contributed by atoms with Crippen LogP contribution in [0.25, 0.3) is 0 Å². The second-order valence-corrected chi connectivity index (χ2v) is 7.82. The number of anilines is 5. The zero-order chi connectivity index (χ0) is 23.9. The molecule has 3 aromatic rings. The van der Waals surface area contributed by atoms with Crippen molar-refractivity contribution in [3.63, 3.8) is 0 Å². The minimum atomic E-state index is -0.728. The molecular weight excluding hydrogens is 445 g/mol. The van der Waals surface area contributed by atoms with Gasteiger partial charge >= 0.3 is 0 Å². The van der Waals surface area contributed by atoms with E-state index in [1.165, 1.54) is 21.3 Å². The van der Waals surface area contributed by atoms with Gasteiger partial charge in [0.1, 0.15) is 5.75 Å². The number of halogens is 1. The van der Waals surface area contributed by atoms with E-state index in [0.29, 0.717) is 52.9 Å². The van der Waals surface area contributed by atoms with Crippen molar-refractivity contribution < 1.29 is 28.1 Å². The molecule has 1 amide bonds. The van der Waals surface area contributed by atoms with Crippen LogP contribution in [0.4, 0.5) is 33.2 Å². The summed E-state index contributed by atoms with van der Waals surface area (Å²) >= 11 is 0. The van der Waals surface area contributed by atoms with Gasteiger partial charge in [-0.2, -0.15) is 4.98 Å². The molecular formula is C23H22FN5O5. The van der Waals surface area contributed by atoms with Gasteiger partial charge in [-0.05, 0) is 18.2 Å². The number of carbonyl (C=O) groups is 1. The van der Waals surface area contributed by atoms with Crippen LogP contribution < -0.4 is 34.9 Å². The molecule has 0 unspecified atom stereocenters. The van der Waals surface area contributed by atoms with Crippen LogP contribution in [0.2, 0.25) is 0 Å². The predicted octanol–water partition coefficient (Wildman–Crippen LogP) is 3.99. The molecule has 34 heavy (non-hydrogen) atoms. The highest BCUT2D eigenvalue weighted by Gasteiger charge is 2.55. The highest BCUT2D eigenvalue weighted by molar-refractivity contribution is 6.03. The molecule has 1 fully saturated rings. The van der Waals surface area contributed by atoms with Gasteiger partial charge in [0.25, 0.3) is 5.91 Å². The second-order valence-electron chi connectivity index (χ2n) is 7.82. The van der Waals surface area contributed by atoms with Gasteiger partial charge in [0, 0.05) is 36.3 Å². The zero-order valence-corrected chi connectivity index (χ0v) is 18.7. The summed E-state index contributed by atoms with van der Waals surface area (Å²) in [4.78, 5) is 20.5. The summed E-state index contributed by atoms with van der Waals surface area (Å²) in [5.74, 6) is 1.18. The standard InChI is InChI=1S/C23H22FN5O5/c1-31-17-9-13(10-18(32-2)19(17)33-3)27-22-25-11-14(24)20(29-22)26-12-4-5-16-15(8-12)28-21(30)23(34-16)6-7-23/h4-5,8-11H,6-7H2,1-3H3,(H,28,30)(H2,25,26,27,29). The van der Waals surface area contributed by atoms with E-state index < -0.39 is 11.4 Å². The van der Waals surface area contributed by atoms with E-state index in [1.807, 2.05) is 0 Å². The molecule has 10 nitrogen and oxygen atoms in total. The lowest BCUT2D eigenvalue weighted by Crippen LogP contribution is -2.38. The lowest BCUT2D eigenvalue weighted by molar-refractivity contribution is -0.125. The van der Waals surface area contributed by atoms with Gasteiger partial charge in [0.15, 0.2) is 28.7 Å². The number of carbonyl (C=O) groups excluding carboxylic acids is 1. The smallest absolute Gasteiger partial charge is 0.268 e. The summed E-state index contributed by atoms with van der Waals surface area (Å²) in [7, 11) is 4.53. The number of fused-ring (bicyclic) bond motifs is 1. The summed E-state index contributed by atoms with van der Waals surface area (Å²) in [5.41, 5.74) is 0.854. The molecule has 2 heterocycles. The number of hydrogen-bond donors (Lipinski definition) is 3. The van der Waals surface area contributed by atoms with Crippen LogP contribution in [0.1, 0.15) is 12.8 Å². The van der Waals surface area contributed by atoms with Gasteiger partial charge < -0.3 is 34.9 Å². The van der Waals surface area contributed by atoms with E-state index in [9.17, 15) is 9.18 Å². The molecule has 176 valence electrons. The Hall–Kier alpha value is -4.28. The Morgan fingerprint density at radius 1 is 1.03 bits per heavy atom. The number of nitrogens with one attached hydrogen (secondary N) is 3. The van der Waals surface area contributed by atoms with Crippen molar-refractivity contribution in [3.8, 4) is 23.0 Å². The molecule has 1 spiro atoms. The molecule has 1 saturated carbocycles. The van der Waals surface area contributed by atoms with E-state index in [4.69, 9.17) is 18.9 Å². The highest BCUT2D eigenvalue weighted by Crippen LogP contribution is 2.47. The van der Waals surface area contributed by atoms with Crippen molar-refractivity contribution in [2.24, 2.45) is 0 Å². The number of nitrogens with zero attached hydrogens (tertiary/aromatic N) is 2. The van der Waals surface area contributed by atoms with Crippen LogP contribution in [0, 0.1) is 5.82 Å². The summed E-state index contributed by atoms with van der Waals surface area (Å²) in [5, 5.41) is 8.78. The van der Waals surface area contributed by atoms with Crippen molar-refractivity contribution in [3.05, 3.63) is 42.3 Å². The van der Waals surface area contributed by atoms with Crippen molar-refractivity contribution in [2.75, 3.05) is 37.3 Å². The first-order valence-corrected chi connectivity index (χ1v) is 10.5. The van der Waals surface area contributed by atoms with Crippen LogP contribution in [-0.2, 0) is 4.79 Å². The Balaban J connectivity index is 1.38. The molecule has 2 aliphatic rings. The first kappa shape index (κ1) is 21.6. The maximum atomic E-state index is 14.5. The van der Waals surface area contributed by atoms with Crippen LogP contribution >= 0.6 is 0 Å². The quantitative estimate of drug-likeness (QED) is 0.474. The van der Waals surface area contributed by atoms with Crippen LogP contribution in [-0.4, -0.2) is 42.8 Å². The number of rotatable bonds is 7. The number of methoxy groups -OCH3 is 3. The molecule has 0 atom stereocenters. The molecule has 1 aliphatic carbocycles. The summed E-state index contributed by atoms with van der Waals surface area (Å²) in [6, 6.07) is 8.47. The van der Waals surface area contributed by atoms with Gasteiger partial charge in [0.05, 0.1) is 33.2 Å². The molecule has 0 saturated heterocycles. The van der Waals surface area contributed by atoms with Gasteiger partial charge in [-0.25, -0.2) is 9.37 Å². The first-order valence-electron chi connectivity index (χ1n) is 10.5. The number of ether oxygens (including phenoxy) is 4. The van der Waals surface area contributed by atoms with Crippen molar-refractivity contribution in [2.45, 2.75) is 18.4 Å². The molecule has 0 radical (unpaired) electrons. The Kier molecular flexibility index (Phi) is 5.23. The summed E-state index contributed by atoms with van der Waals surface area (Å²) in [6.45, 7) is 0. The first-order chi connectivity index (χ1) is 16.4. The Morgan fingerprint density at radius 2 is 1.76 bits per heavy atom. The Labute approximate surface area is 194 Å². The minimum absolute atomic E-state index is 0.0494. The van der Waals surface area contributed by atoms with Gasteiger partial charge in [-0.15, -0.1) is 0 Å². The SMILES string of the molecule is COc1cc(Nc2ncc(F)c(Nc3ccc4c(c3)NC(=O)C3(CC3)O4)n2)cc(OC)c1OC. The third-order valence-corrected chi connectivity index (χ3v) is 5.58. The van der Waals surface area contributed by atoms with Gasteiger partial charge in [0.2, 0.25) is 11.7 Å². The maximum absolute atomic E-state index is 14.5. The predicted molar refractivity (Wildman–Crippen MR) is 122 cm³/mol. The van der Waals surface area contributed by atoms with E-state index in [-0.39, 0.29) is 17.7 Å². The fourth-order valence-corrected chi connectivity index (χ4v) is 3.66. The van der Waals surface area contributed by atoms with Gasteiger partial charge in [-0.3, -0.25) is 4.79 Å². The van der Waals surface area contributed by atoms with Crippen molar-refractivity contribution in [1.82, 2.24) is 9.97 Å². The number of hydrogen-bond acceptors (Lipinski definition) is 9. The summed E-state index contributed by atoms with van der Waals surface area (Å²) in [6.07, 6.45) is 2.45. The Morgan fingerprint density at radius 3 is 2.41 bits per heavy atom. The van der Waals surface area contributed by atoms with Gasteiger partial charge in [-0.1, -0.05) is 0 Å². The minimum Gasteiger partial charge on any atom is -0.493 e. The lowest BCUT2D eigenvalue weighted by Gasteiger charge is -2.26. The zero-order valence-electron chi connectivity index (χ0n) is 18.7. The second kappa shape index (κ2) is 8.25. The van der Waals surface area contributed by atoms with Crippen LogP contribution in [0.3, 0.4) is 0 Å². The van der Waals surface area contributed by atoms with Crippen molar-refractivity contribution in [1.29, 1.82) is 0 Å².